The number of Topliss-reactive ketones (excluding diaryl/α,β-unsaturated/α-hetero) is 1. The third-order valence-electron chi connectivity index (χ3n) is 5.32. The second-order valence-corrected chi connectivity index (χ2v) is 7.49. The summed E-state index contributed by atoms with van der Waals surface area (Å²) in [4.78, 5) is 27.3. The van der Waals surface area contributed by atoms with E-state index in [4.69, 9.17) is 9.47 Å². The molecule has 164 valence electrons. The molecule has 1 saturated heterocycles. The Morgan fingerprint density at radius 2 is 1.61 bits per heavy atom. The van der Waals surface area contributed by atoms with Crippen LogP contribution in [0.2, 0.25) is 0 Å². The van der Waals surface area contributed by atoms with Crippen LogP contribution in [0.5, 0.6) is 11.5 Å². The minimum atomic E-state index is -0.666. The molecule has 0 bridgehead atoms. The van der Waals surface area contributed by atoms with Gasteiger partial charge in [0.2, 0.25) is 0 Å². The van der Waals surface area contributed by atoms with Gasteiger partial charge in [-0.2, -0.15) is 0 Å². The fourth-order valence-electron chi connectivity index (χ4n) is 3.66. The van der Waals surface area contributed by atoms with Crippen LogP contribution < -0.4 is 9.47 Å². The zero-order chi connectivity index (χ0) is 22.4. The molecule has 1 aliphatic heterocycles. The highest BCUT2D eigenvalue weighted by molar-refractivity contribution is 6.46. The van der Waals surface area contributed by atoms with Crippen LogP contribution in [0.15, 0.2) is 54.1 Å². The number of nitrogens with zero attached hydrogens (tertiary/aromatic N) is 1. The smallest absolute Gasteiger partial charge is 0.295 e. The molecule has 1 N–H and O–H groups in total. The fourth-order valence-corrected chi connectivity index (χ4v) is 3.66. The molecule has 2 aromatic rings. The molecule has 2 aromatic carbocycles. The third kappa shape index (κ3) is 4.74. The van der Waals surface area contributed by atoms with Gasteiger partial charge in [-0.15, -0.1) is 0 Å². The van der Waals surface area contributed by atoms with Gasteiger partial charge < -0.3 is 19.5 Å². The Hall–Kier alpha value is -3.28. The third-order valence-corrected chi connectivity index (χ3v) is 5.32. The van der Waals surface area contributed by atoms with Gasteiger partial charge in [0.05, 0.1) is 25.3 Å². The van der Waals surface area contributed by atoms with Crippen molar-refractivity contribution in [3.8, 4) is 11.5 Å². The van der Waals surface area contributed by atoms with Crippen LogP contribution in [-0.4, -0.2) is 42.0 Å². The summed E-state index contributed by atoms with van der Waals surface area (Å²) in [7, 11) is 1.56. The van der Waals surface area contributed by atoms with Crippen LogP contribution in [-0.2, 0) is 9.59 Å². The molecule has 1 amide bonds. The number of methoxy groups -OCH3 is 1. The molecule has 3 rings (SSSR count). The van der Waals surface area contributed by atoms with Crippen LogP contribution in [0.4, 0.5) is 0 Å². The van der Waals surface area contributed by atoms with Gasteiger partial charge in [0.15, 0.2) is 0 Å². The van der Waals surface area contributed by atoms with Crippen LogP contribution >= 0.6 is 0 Å². The monoisotopic (exact) mass is 423 g/mol. The molecule has 1 aliphatic rings. The van der Waals surface area contributed by atoms with Gasteiger partial charge >= 0.3 is 0 Å². The number of ketones is 1. The first kappa shape index (κ1) is 22.4. The second kappa shape index (κ2) is 10.2. The summed E-state index contributed by atoms with van der Waals surface area (Å²) in [5, 5.41) is 11.0. The summed E-state index contributed by atoms with van der Waals surface area (Å²) in [6.07, 6.45) is 2.56. The number of ether oxygens (including phenoxy) is 2. The van der Waals surface area contributed by atoms with Crippen LogP contribution in [0.25, 0.3) is 5.76 Å². The maximum absolute atomic E-state index is 13.0. The van der Waals surface area contributed by atoms with Crippen molar-refractivity contribution < 1.29 is 24.2 Å². The number of likely N-dealkylation sites (tertiary alicyclic amines) is 1. The molecule has 1 atom stereocenters. The summed E-state index contributed by atoms with van der Waals surface area (Å²) < 4.78 is 10.8. The van der Waals surface area contributed by atoms with Crippen molar-refractivity contribution >= 4 is 17.4 Å². The number of benzene rings is 2. The van der Waals surface area contributed by atoms with Gasteiger partial charge in [-0.1, -0.05) is 32.4 Å². The highest BCUT2D eigenvalue weighted by Gasteiger charge is 2.45. The van der Waals surface area contributed by atoms with Gasteiger partial charge in [0.1, 0.15) is 17.3 Å². The molecule has 6 heteroatoms. The average molecular weight is 424 g/mol. The predicted octanol–water partition coefficient (Wildman–Crippen LogP) is 4.71. The van der Waals surface area contributed by atoms with Gasteiger partial charge in [0.25, 0.3) is 11.7 Å². The van der Waals surface area contributed by atoms with Gasteiger partial charge in [0, 0.05) is 12.1 Å². The Morgan fingerprint density at radius 3 is 2.19 bits per heavy atom. The summed E-state index contributed by atoms with van der Waals surface area (Å²) in [5.41, 5.74) is 1.32. The molecule has 0 aliphatic carbocycles. The summed E-state index contributed by atoms with van der Waals surface area (Å²) in [5.74, 6) is -0.0673. The highest BCUT2D eigenvalue weighted by Crippen LogP contribution is 2.40. The summed E-state index contributed by atoms with van der Waals surface area (Å²) in [6.45, 7) is 5.13. The molecule has 1 unspecified atom stereocenters. The molecule has 0 radical (unpaired) electrons. The van der Waals surface area contributed by atoms with Crippen LogP contribution in [0.1, 0.15) is 50.3 Å². The molecule has 1 heterocycles. The highest BCUT2D eigenvalue weighted by atomic mass is 16.5. The Kier molecular flexibility index (Phi) is 7.34. The molecule has 6 nitrogen and oxygen atoms in total. The van der Waals surface area contributed by atoms with Crippen molar-refractivity contribution in [2.24, 2.45) is 0 Å². The van der Waals surface area contributed by atoms with E-state index >= 15 is 0 Å². The van der Waals surface area contributed by atoms with Crippen molar-refractivity contribution in [1.82, 2.24) is 4.90 Å². The average Bonchev–Trinajstić information content (AvgIpc) is 3.06. The maximum atomic E-state index is 13.0. The number of aliphatic hydroxyl groups excluding tert-OH is 1. The van der Waals surface area contributed by atoms with Crippen molar-refractivity contribution in [1.29, 1.82) is 0 Å². The summed E-state index contributed by atoms with van der Waals surface area (Å²) in [6, 6.07) is 13.5. The first-order chi connectivity index (χ1) is 15.0. The van der Waals surface area contributed by atoms with E-state index < -0.39 is 17.7 Å². The van der Waals surface area contributed by atoms with E-state index in [1.807, 2.05) is 38.1 Å². The lowest BCUT2D eigenvalue weighted by Gasteiger charge is -2.25. The Labute approximate surface area is 183 Å². The molecule has 0 aromatic heterocycles. The van der Waals surface area contributed by atoms with E-state index in [1.54, 1.807) is 36.3 Å². The number of hydrogen-bond acceptors (Lipinski definition) is 5. The molecule has 31 heavy (non-hydrogen) atoms. The van der Waals surface area contributed by atoms with Gasteiger partial charge in [-0.3, -0.25) is 9.59 Å². The van der Waals surface area contributed by atoms with Crippen molar-refractivity contribution in [3.63, 3.8) is 0 Å². The number of carbonyl (C=O) groups excluding carboxylic acids is 2. The Bertz CT molecular complexity index is 947. The number of rotatable bonds is 9. The van der Waals surface area contributed by atoms with Crippen molar-refractivity contribution in [2.45, 2.75) is 39.2 Å². The standard InChI is InChI=1S/C25H29NO5/c1-4-6-15-26-22(17-7-13-20(14-8-17)31-16-5-2)21(24(28)25(26)29)23(27)18-9-11-19(30-3)12-10-18/h7-14,22,27H,4-6,15-16H2,1-3H3/b23-21-. The van der Waals surface area contributed by atoms with E-state index in [0.717, 1.165) is 30.6 Å². The predicted molar refractivity (Wildman–Crippen MR) is 119 cm³/mol. The zero-order valence-corrected chi connectivity index (χ0v) is 18.3. The Morgan fingerprint density at radius 1 is 0.968 bits per heavy atom. The lowest BCUT2D eigenvalue weighted by atomic mass is 9.95. The van der Waals surface area contributed by atoms with Crippen LogP contribution in [0.3, 0.4) is 0 Å². The normalized spacial score (nSPS) is 17.8. The summed E-state index contributed by atoms with van der Waals surface area (Å²) >= 11 is 0. The largest absolute Gasteiger partial charge is 0.507 e. The molecular formula is C25H29NO5. The minimum absolute atomic E-state index is 0.105. The van der Waals surface area contributed by atoms with Gasteiger partial charge in [-0.05, 0) is 54.8 Å². The molecule has 0 saturated carbocycles. The Balaban J connectivity index is 2.05. The van der Waals surface area contributed by atoms with Crippen molar-refractivity contribution in [2.75, 3.05) is 20.3 Å². The van der Waals surface area contributed by atoms with Crippen molar-refractivity contribution in [3.05, 3.63) is 65.2 Å². The first-order valence-electron chi connectivity index (χ1n) is 10.7. The lowest BCUT2D eigenvalue weighted by Crippen LogP contribution is -2.30. The van der Waals surface area contributed by atoms with E-state index in [2.05, 4.69) is 0 Å². The maximum Gasteiger partial charge on any atom is 0.295 e. The number of amides is 1. The number of hydrogen-bond donors (Lipinski definition) is 1. The quantitative estimate of drug-likeness (QED) is 0.359. The topological polar surface area (TPSA) is 76.1 Å². The number of carbonyl (C=O) groups is 2. The fraction of sp³-hybridized carbons (Fsp3) is 0.360. The first-order valence-corrected chi connectivity index (χ1v) is 10.7. The molecule has 1 fully saturated rings. The van der Waals surface area contributed by atoms with Crippen LogP contribution in [0, 0.1) is 0 Å². The molecular weight excluding hydrogens is 394 g/mol. The number of unbranched alkanes of at least 4 members (excludes halogenated alkanes) is 1. The number of aliphatic hydroxyl groups is 1. The van der Waals surface area contributed by atoms with Gasteiger partial charge in [-0.25, -0.2) is 0 Å². The minimum Gasteiger partial charge on any atom is -0.507 e. The van der Waals surface area contributed by atoms with E-state index in [1.165, 1.54) is 0 Å². The van der Waals surface area contributed by atoms with E-state index in [0.29, 0.717) is 24.5 Å². The zero-order valence-electron chi connectivity index (χ0n) is 18.3. The lowest BCUT2D eigenvalue weighted by molar-refractivity contribution is -0.139. The van der Waals surface area contributed by atoms with E-state index in [-0.39, 0.29) is 11.3 Å². The molecule has 0 spiro atoms. The SMILES string of the molecule is CCCCN1C(=O)C(=O)/C(=C(\O)c2ccc(OC)cc2)C1c1ccc(OCCC)cc1. The second-order valence-electron chi connectivity index (χ2n) is 7.49. The van der Waals surface area contributed by atoms with E-state index in [9.17, 15) is 14.7 Å².